The Morgan fingerprint density at radius 1 is 1.40 bits per heavy atom. The van der Waals surface area contributed by atoms with Crippen molar-refractivity contribution >= 4 is 35.5 Å². The molecule has 0 heterocycles. The molecule has 0 aliphatic carbocycles. The van der Waals surface area contributed by atoms with Gasteiger partial charge in [0.25, 0.3) is 0 Å². The Morgan fingerprint density at radius 3 is 2.60 bits per heavy atom. The summed E-state index contributed by atoms with van der Waals surface area (Å²) in [4.78, 5) is 21.9. The maximum absolute atomic E-state index is 11.4. The highest BCUT2D eigenvalue weighted by Crippen LogP contribution is 2.24. The first-order valence-electron chi connectivity index (χ1n) is 4.21. The van der Waals surface area contributed by atoms with Gasteiger partial charge in [0.15, 0.2) is 6.29 Å². The number of carbonyl (C=O) groups excluding carboxylic acids is 2. The van der Waals surface area contributed by atoms with Crippen molar-refractivity contribution in [3.05, 3.63) is 33.3 Å². The zero-order chi connectivity index (χ0) is 11.4. The topological polar surface area (TPSA) is 43.4 Å². The number of hydrogen-bond donors (Lipinski definition) is 0. The number of ether oxygens (including phenoxy) is 1. The average Bonchev–Trinajstić information content (AvgIpc) is 2.21. The SMILES string of the molecule is CCOC(=O)c1cc(Cl)c(C=O)cc1Cl. The van der Waals surface area contributed by atoms with Crippen LogP contribution in [0.2, 0.25) is 10.0 Å². The van der Waals surface area contributed by atoms with Gasteiger partial charge in [0, 0.05) is 5.56 Å². The summed E-state index contributed by atoms with van der Waals surface area (Å²) in [5, 5.41) is 0.331. The van der Waals surface area contributed by atoms with Crippen LogP contribution in [0, 0.1) is 0 Å². The van der Waals surface area contributed by atoms with E-state index in [0.29, 0.717) is 6.29 Å². The Balaban J connectivity index is 3.15. The average molecular weight is 247 g/mol. The minimum Gasteiger partial charge on any atom is -0.462 e. The molecule has 0 aliphatic heterocycles. The first-order valence-corrected chi connectivity index (χ1v) is 4.97. The van der Waals surface area contributed by atoms with Crippen molar-refractivity contribution in [2.24, 2.45) is 0 Å². The normalized spacial score (nSPS) is 9.80. The van der Waals surface area contributed by atoms with Crippen LogP contribution in [0.1, 0.15) is 27.6 Å². The molecular formula is C10H8Cl2O3. The summed E-state index contributed by atoms with van der Waals surface area (Å²) in [5.41, 5.74) is 0.406. The van der Waals surface area contributed by atoms with Crippen LogP contribution in [-0.2, 0) is 4.74 Å². The van der Waals surface area contributed by atoms with E-state index in [0.717, 1.165) is 0 Å². The van der Waals surface area contributed by atoms with Crippen LogP contribution in [0.25, 0.3) is 0 Å². The molecule has 1 aromatic carbocycles. The number of benzene rings is 1. The number of rotatable bonds is 3. The van der Waals surface area contributed by atoms with Gasteiger partial charge >= 0.3 is 5.97 Å². The number of hydrogen-bond acceptors (Lipinski definition) is 3. The minimum atomic E-state index is -0.554. The molecule has 0 N–H and O–H groups in total. The van der Waals surface area contributed by atoms with E-state index >= 15 is 0 Å². The summed E-state index contributed by atoms with van der Waals surface area (Å²) < 4.78 is 4.77. The van der Waals surface area contributed by atoms with Crippen LogP contribution in [-0.4, -0.2) is 18.9 Å². The van der Waals surface area contributed by atoms with Gasteiger partial charge in [0.2, 0.25) is 0 Å². The number of esters is 1. The second-order valence-corrected chi connectivity index (χ2v) is 3.51. The Bertz CT molecular complexity index is 402. The van der Waals surface area contributed by atoms with E-state index in [-0.39, 0.29) is 27.8 Å². The van der Waals surface area contributed by atoms with Crippen LogP contribution >= 0.6 is 23.2 Å². The minimum absolute atomic E-state index is 0.153. The lowest BCUT2D eigenvalue weighted by Crippen LogP contribution is -2.06. The van der Waals surface area contributed by atoms with Crippen molar-refractivity contribution < 1.29 is 14.3 Å². The summed E-state index contributed by atoms with van der Waals surface area (Å²) in [6, 6.07) is 2.66. The quantitative estimate of drug-likeness (QED) is 0.609. The Morgan fingerprint density at radius 2 is 2.07 bits per heavy atom. The standard InChI is InChI=1S/C10H8Cl2O3/c1-2-15-10(14)7-4-8(11)6(5-13)3-9(7)12/h3-5H,2H2,1H3. The molecule has 0 aromatic heterocycles. The van der Waals surface area contributed by atoms with Crippen LogP contribution in [0.4, 0.5) is 0 Å². The van der Waals surface area contributed by atoms with Gasteiger partial charge in [-0.1, -0.05) is 23.2 Å². The second-order valence-electron chi connectivity index (χ2n) is 2.69. The van der Waals surface area contributed by atoms with Gasteiger partial charge in [0.05, 0.1) is 22.2 Å². The van der Waals surface area contributed by atoms with Gasteiger partial charge in [-0.15, -0.1) is 0 Å². The third-order valence-corrected chi connectivity index (χ3v) is 2.35. The lowest BCUT2D eigenvalue weighted by Gasteiger charge is -2.05. The molecule has 0 amide bonds. The first-order chi connectivity index (χ1) is 7.10. The predicted molar refractivity (Wildman–Crippen MR) is 57.8 cm³/mol. The Kier molecular flexibility index (Phi) is 4.12. The molecule has 0 saturated carbocycles. The van der Waals surface area contributed by atoms with Gasteiger partial charge < -0.3 is 4.74 Å². The highest BCUT2D eigenvalue weighted by atomic mass is 35.5. The number of carbonyl (C=O) groups is 2. The molecule has 1 aromatic rings. The third kappa shape index (κ3) is 2.70. The molecule has 0 unspecified atom stereocenters. The predicted octanol–water partition coefficient (Wildman–Crippen LogP) is 2.98. The Hall–Kier alpha value is -1.06. The van der Waals surface area contributed by atoms with E-state index in [2.05, 4.69) is 0 Å². The van der Waals surface area contributed by atoms with Crippen molar-refractivity contribution in [3.8, 4) is 0 Å². The molecule has 1 rings (SSSR count). The highest BCUT2D eigenvalue weighted by molar-refractivity contribution is 6.37. The van der Waals surface area contributed by atoms with Crippen LogP contribution in [0.3, 0.4) is 0 Å². The van der Waals surface area contributed by atoms with E-state index < -0.39 is 5.97 Å². The molecule has 0 saturated heterocycles. The Labute approximate surface area is 96.9 Å². The fourth-order valence-electron chi connectivity index (χ4n) is 1.02. The molecule has 0 atom stereocenters. The summed E-state index contributed by atoms with van der Waals surface area (Å²) in [7, 11) is 0. The molecule has 0 aliphatic rings. The van der Waals surface area contributed by atoms with Crippen molar-refractivity contribution in [2.45, 2.75) is 6.92 Å². The maximum Gasteiger partial charge on any atom is 0.339 e. The van der Waals surface area contributed by atoms with E-state index in [4.69, 9.17) is 27.9 Å². The molecule has 0 spiro atoms. The molecule has 5 heteroatoms. The van der Waals surface area contributed by atoms with Crippen molar-refractivity contribution in [2.75, 3.05) is 6.61 Å². The fourth-order valence-corrected chi connectivity index (χ4v) is 1.48. The van der Waals surface area contributed by atoms with Gasteiger partial charge in [-0.25, -0.2) is 4.79 Å². The van der Waals surface area contributed by atoms with Crippen LogP contribution in [0.5, 0.6) is 0 Å². The monoisotopic (exact) mass is 246 g/mol. The zero-order valence-corrected chi connectivity index (χ0v) is 9.43. The number of halogens is 2. The summed E-state index contributed by atoms with van der Waals surface area (Å²) in [5.74, 6) is -0.554. The fraction of sp³-hybridized carbons (Fsp3) is 0.200. The smallest absolute Gasteiger partial charge is 0.339 e. The molecular weight excluding hydrogens is 239 g/mol. The molecule has 80 valence electrons. The van der Waals surface area contributed by atoms with Gasteiger partial charge in [-0.05, 0) is 19.1 Å². The van der Waals surface area contributed by atoms with Crippen LogP contribution in [0.15, 0.2) is 12.1 Å². The largest absolute Gasteiger partial charge is 0.462 e. The van der Waals surface area contributed by atoms with Crippen LogP contribution < -0.4 is 0 Å². The van der Waals surface area contributed by atoms with E-state index in [1.54, 1.807) is 6.92 Å². The molecule has 15 heavy (non-hydrogen) atoms. The van der Waals surface area contributed by atoms with E-state index in [1.807, 2.05) is 0 Å². The lowest BCUT2D eigenvalue weighted by molar-refractivity contribution is 0.0526. The number of aldehydes is 1. The molecule has 0 radical (unpaired) electrons. The van der Waals surface area contributed by atoms with Gasteiger partial charge in [-0.2, -0.15) is 0 Å². The zero-order valence-electron chi connectivity index (χ0n) is 7.92. The lowest BCUT2D eigenvalue weighted by atomic mass is 10.1. The van der Waals surface area contributed by atoms with Gasteiger partial charge in [0.1, 0.15) is 0 Å². The third-order valence-electron chi connectivity index (χ3n) is 1.71. The summed E-state index contributed by atoms with van der Waals surface area (Å²) in [6.07, 6.45) is 0.573. The van der Waals surface area contributed by atoms with Gasteiger partial charge in [-0.3, -0.25) is 4.79 Å². The van der Waals surface area contributed by atoms with Crippen molar-refractivity contribution in [1.29, 1.82) is 0 Å². The maximum atomic E-state index is 11.4. The summed E-state index contributed by atoms with van der Waals surface area (Å²) in [6.45, 7) is 1.94. The first kappa shape index (κ1) is 12.0. The molecule has 3 nitrogen and oxygen atoms in total. The second kappa shape index (κ2) is 5.14. The van der Waals surface area contributed by atoms with Crippen molar-refractivity contribution in [3.63, 3.8) is 0 Å². The van der Waals surface area contributed by atoms with Crippen molar-refractivity contribution in [1.82, 2.24) is 0 Å². The molecule has 0 fully saturated rings. The molecule has 0 bridgehead atoms. The van der Waals surface area contributed by atoms with E-state index in [1.165, 1.54) is 12.1 Å². The summed E-state index contributed by atoms with van der Waals surface area (Å²) >= 11 is 11.5. The van der Waals surface area contributed by atoms with E-state index in [9.17, 15) is 9.59 Å². The highest BCUT2D eigenvalue weighted by Gasteiger charge is 2.14.